The van der Waals surface area contributed by atoms with Gasteiger partial charge in [-0.25, -0.2) is 8.78 Å². The van der Waals surface area contributed by atoms with Crippen molar-refractivity contribution in [3.63, 3.8) is 0 Å². The zero-order chi connectivity index (χ0) is 28.4. The molecule has 0 radical (unpaired) electrons. The molecule has 3 heterocycles. The normalized spacial score (nSPS) is 28.2. The lowest BCUT2D eigenvalue weighted by Crippen LogP contribution is -2.71. The topological polar surface area (TPSA) is 131 Å². The minimum Gasteiger partial charge on any atom is -0.356 e. The number of nitrogens with zero attached hydrogens (tertiary/aromatic N) is 2. The van der Waals surface area contributed by atoms with Gasteiger partial charge in [-0.05, 0) is 44.4 Å². The second-order valence-corrected chi connectivity index (χ2v) is 10.7. The molecule has 1 saturated carbocycles. The SMILES string of the molecule is CC(C)C[C@H](NC(=O)C(F)(F)F)C(=O)N1[C@H]2CC[C@@H]([C@H]1C(=O)N[C@H](C#N)C[C@@H]1CCCNC1=O)C(F)(F)C2. The van der Waals surface area contributed by atoms with Crippen molar-refractivity contribution in [2.75, 3.05) is 6.54 Å². The van der Waals surface area contributed by atoms with Gasteiger partial charge in [0.1, 0.15) is 18.1 Å². The summed E-state index contributed by atoms with van der Waals surface area (Å²) in [6.45, 7) is 3.71. The Bertz CT molecular complexity index is 982. The molecular formula is C24H32F5N5O4. The molecule has 4 aliphatic rings. The monoisotopic (exact) mass is 549 g/mol. The first-order chi connectivity index (χ1) is 17.7. The molecule has 38 heavy (non-hydrogen) atoms. The third-order valence-corrected chi connectivity index (χ3v) is 7.42. The maximum atomic E-state index is 14.9. The van der Waals surface area contributed by atoms with Crippen LogP contribution in [0.1, 0.15) is 58.8 Å². The van der Waals surface area contributed by atoms with Crippen molar-refractivity contribution >= 4 is 23.6 Å². The van der Waals surface area contributed by atoms with Crippen LogP contribution in [0.3, 0.4) is 0 Å². The molecule has 3 saturated heterocycles. The van der Waals surface area contributed by atoms with E-state index in [0.717, 1.165) is 4.90 Å². The Morgan fingerprint density at radius 1 is 1.18 bits per heavy atom. The number of hydrogen-bond donors (Lipinski definition) is 3. The molecule has 6 atom stereocenters. The minimum absolute atomic E-state index is 0.0587. The zero-order valence-corrected chi connectivity index (χ0v) is 21.1. The van der Waals surface area contributed by atoms with Gasteiger partial charge in [0.05, 0.1) is 12.0 Å². The molecule has 4 amide bonds. The molecule has 4 rings (SSSR count). The van der Waals surface area contributed by atoms with Gasteiger partial charge in [0.15, 0.2) is 0 Å². The van der Waals surface area contributed by atoms with E-state index in [0.29, 0.717) is 19.4 Å². The molecule has 0 aromatic rings. The Morgan fingerprint density at radius 2 is 1.87 bits per heavy atom. The van der Waals surface area contributed by atoms with Gasteiger partial charge in [0.2, 0.25) is 17.7 Å². The number of carbonyl (C=O) groups is 4. The summed E-state index contributed by atoms with van der Waals surface area (Å²) in [4.78, 5) is 51.5. The highest BCUT2D eigenvalue weighted by Crippen LogP contribution is 2.49. The second-order valence-electron chi connectivity index (χ2n) is 10.7. The summed E-state index contributed by atoms with van der Waals surface area (Å²) in [5.41, 5.74) is 0. The van der Waals surface area contributed by atoms with E-state index in [9.17, 15) is 46.4 Å². The molecule has 9 nitrogen and oxygen atoms in total. The maximum Gasteiger partial charge on any atom is 0.471 e. The highest BCUT2D eigenvalue weighted by molar-refractivity contribution is 5.94. The van der Waals surface area contributed by atoms with Crippen molar-refractivity contribution in [2.24, 2.45) is 17.8 Å². The van der Waals surface area contributed by atoms with E-state index >= 15 is 0 Å². The number of rotatable bonds is 8. The first-order valence-corrected chi connectivity index (χ1v) is 12.7. The van der Waals surface area contributed by atoms with Crippen LogP contribution >= 0.6 is 0 Å². The van der Waals surface area contributed by atoms with Gasteiger partial charge >= 0.3 is 12.1 Å². The largest absolute Gasteiger partial charge is 0.471 e. The first kappa shape index (κ1) is 29.6. The summed E-state index contributed by atoms with van der Waals surface area (Å²) in [7, 11) is 0. The highest BCUT2D eigenvalue weighted by Gasteiger charge is 2.61. The number of fused-ring (bicyclic) bond motifs is 3. The molecule has 4 fully saturated rings. The number of alkyl halides is 5. The van der Waals surface area contributed by atoms with E-state index in [-0.39, 0.29) is 37.5 Å². The molecule has 1 aliphatic carbocycles. The van der Waals surface area contributed by atoms with Crippen molar-refractivity contribution < 1.29 is 41.1 Å². The molecule has 3 N–H and O–H groups in total. The number of hydrogen-bond acceptors (Lipinski definition) is 5. The van der Waals surface area contributed by atoms with Crippen molar-refractivity contribution in [3.05, 3.63) is 0 Å². The predicted molar refractivity (Wildman–Crippen MR) is 122 cm³/mol. The standard InChI is InChI=1S/C24H32F5N5O4/c1-12(2)8-17(33-22(38)24(27,28)29)21(37)34-15-5-6-16(23(25,26)10-15)18(34)20(36)32-14(11-30)9-13-4-3-7-31-19(13)35/h12-18H,3-10H2,1-2H3,(H,31,35)(H,32,36)(H,33,38)/t13-,14-,15-,16-,17-,18-/m0/s1. The number of amides is 4. The van der Waals surface area contributed by atoms with E-state index in [1.165, 1.54) is 0 Å². The number of piperidine rings is 3. The third-order valence-electron chi connectivity index (χ3n) is 7.42. The second kappa shape index (κ2) is 11.4. The fourth-order valence-corrected chi connectivity index (χ4v) is 5.68. The van der Waals surface area contributed by atoms with Gasteiger partial charge in [-0.15, -0.1) is 0 Å². The average Bonchev–Trinajstić information content (AvgIpc) is 2.82. The van der Waals surface area contributed by atoms with Crippen LogP contribution in [0, 0.1) is 29.1 Å². The fraction of sp³-hybridized carbons (Fsp3) is 0.792. The summed E-state index contributed by atoms with van der Waals surface area (Å²) >= 11 is 0. The van der Waals surface area contributed by atoms with Gasteiger partial charge in [0, 0.05) is 24.9 Å². The Labute approximate surface area is 216 Å². The molecule has 14 heteroatoms. The summed E-state index contributed by atoms with van der Waals surface area (Å²) in [6, 6.07) is -3.93. The molecule has 0 spiro atoms. The van der Waals surface area contributed by atoms with Gasteiger partial charge in [0.25, 0.3) is 5.92 Å². The predicted octanol–water partition coefficient (Wildman–Crippen LogP) is 2.02. The minimum atomic E-state index is -5.27. The summed E-state index contributed by atoms with van der Waals surface area (Å²) < 4.78 is 68.7. The Morgan fingerprint density at radius 3 is 2.42 bits per heavy atom. The molecule has 212 valence electrons. The Balaban J connectivity index is 1.87. The number of carbonyl (C=O) groups excluding carboxylic acids is 4. The summed E-state index contributed by atoms with van der Waals surface area (Å²) in [5, 5.41) is 16.3. The van der Waals surface area contributed by atoms with Crippen LogP contribution in [0.15, 0.2) is 0 Å². The van der Waals surface area contributed by atoms with Crippen LogP contribution in [-0.2, 0) is 19.2 Å². The lowest BCUT2D eigenvalue weighted by molar-refractivity contribution is -0.196. The first-order valence-electron chi connectivity index (χ1n) is 12.7. The van der Waals surface area contributed by atoms with Gasteiger partial charge in [-0.1, -0.05) is 13.8 Å². The molecule has 0 aromatic carbocycles. The van der Waals surface area contributed by atoms with Gasteiger partial charge < -0.3 is 20.9 Å². The Kier molecular flexibility index (Phi) is 8.88. The summed E-state index contributed by atoms with van der Waals surface area (Å²) in [6.07, 6.45) is -5.15. The maximum absolute atomic E-state index is 14.9. The van der Waals surface area contributed by atoms with Crippen molar-refractivity contribution in [1.29, 1.82) is 5.26 Å². The molecular weight excluding hydrogens is 517 g/mol. The van der Waals surface area contributed by atoms with Crippen LogP contribution in [0.5, 0.6) is 0 Å². The van der Waals surface area contributed by atoms with Crippen molar-refractivity contribution in [2.45, 2.75) is 95.1 Å². The number of nitriles is 1. The molecule has 0 aromatic heterocycles. The fourth-order valence-electron chi connectivity index (χ4n) is 5.68. The number of nitrogens with one attached hydrogen (secondary N) is 3. The quantitative estimate of drug-likeness (QED) is 0.399. The molecule has 2 bridgehead atoms. The van der Waals surface area contributed by atoms with E-state index in [2.05, 4.69) is 10.6 Å². The van der Waals surface area contributed by atoms with Gasteiger partial charge in [-0.3, -0.25) is 19.2 Å². The van der Waals surface area contributed by atoms with E-state index in [4.69, 9.17) is 0 Å². The van der Waals surface area contributed by atoms with Crippen LogP contribution < -0.4 is 16.0 Å². The third kappa shape index (κ3) is 6.53. The van der Waals surface area contributed by atoms with E-state index < -0.39 is 72.2 Å². The van der Waals surface area contributed by atoms with Crippen molar-refractivity contribution in [3.8, 4) is 6.07 Å². The molecule has 3 aliphatic heterocycles. The van der Waals surface area contributed by atoms with Crippen LogP contribution in [0.4, 0.5) is 22.0 Å². The van der Waals surface area contributed by atoms with Crippen LogP contribution in [0.2, 0.25) is 0 Å². The average molecular weight is 550 g/mol. The lowest BCUT2D eigenvalue weighted by atomic mass is 9.71. The van der Waals surface area contributed by atoms with Gasteiger partial charge in [-0.2, -0.15) is 18.4 Å². The smallest absolute Gasteiger partial charge is 0.356 e. The highest BCUT2D eigenvalue weighted by atomic mass is 19.4. The summed E-state index contributed by atoms with van der Waals surface area (Å²) in [5.74, 6) is -10.6. The van der Waals surface area contributed by atoms with E-state index in [1.807, 2.05) is 6.07 Å². The number of halogens is 5. The van der Waals surface area contributed by atoms with E-state index in [1.54, 1.807) is 19.2 Å². The molecule has 0 unspecified atom stereocenters. The Hall–Kier alpha value is -2.98. The van der Waals surface area contributed by atoms with Crippen LogP contribution in [0.25, 0.3) is 0 Å². The van der Waals surface area contributed by atoms with Crippen molar-refractivity contribution in [1.82, 2.24) is 20.9 Å². The lowest BCUT2D eigenvalue weighted by Gasteiger charge is -2.54. The zero-order valence-electron chi connectivity index (χ0n) is 21.1. The van der Waals surface area contributed by atoms with Crippen LogP contribution in [-0.4, -0.2) is 71.3 Å².